The third kappa shape index (κ3) is 2.95. The van der Waals surface area contributed by atoms with E-state index in [1.54, 1.807) is 6.07 Å². The second kappa shape index (κ2) is 6.47. The fourth-order valence-electron chi connectivity index (χ4n) is 1.95. The monoisotopic (exact) mass is 347 g/mol. The summed E-state index contributed by atoms with van der Waals surface area (Å²) in [6.45, 7) is 1.42. The van der Waals surface area contributed by atoms with Gasteiger partial charge in [-0.2, -0.15) is 5.26 Å². The second-order valence-corrected chi connectivity index (χ2v) is 5.17. The first-order chi connectivity index (χ1) is 11.3. The minimum Gasteiger partial charge on any atom is -0.493 e. The van der Waals surface area contributed by atoms with E-state index in [1.165, 1.54) is 26.1 Å². The molecule has 0 bridgehead atoms. The second-order valence-electron chi connectivity index (χ2n) is 4.74. The van der Waals surface area contributed by atoms with Crippen LogP contribution in [0.15, 0.2) is 33.2 Å². The maximum atomic E-state index is 11.9. The molecular formula is C14H10ClN5O4. The quantitative estimate of drug-likeness (QED) is 0.516. The van der Waals surface area contributed by atoms with Crippen LogP contribution >= 0.6 is 11.6 Å². The minimum absolute atomic E-state index is 0.0874. The van der Waals surface area contributed by atoms with Crippen LogP contribution in [0.25, 0.3) is 0 Å². The van der Waals surface area contributed by atoms with Gasteiger partial charge < -0.3 is 5.11 Å². The topological polar surface area (TPSA) is 134 Å². The average molecular weight is 348 g/mol. The highest BCUT2D eigenvalue weighted by Gasteiger charge is 2.18. The number of aromatic hydroxyl groups is 1. The SMILES string of the molecule is Cc1c(/N=N/c2ccc(Cl)cc2[N+](=O)[O-])c(O)n(C)c(=O)c1C#N. The molecule has 122 valence electrons. The molecule has 9 nitrogen and oxygen atoms in total. The zero-order valence-electron chi connectivity index (χ0n) is 12.5. The van der Waals surface area contributed by atoms with Gasteiger partial charge in [-0.05, 0) is 19.1 Å². The lowest BCUT2D eigenvalue weighted by atomic mass is 10.1. The fraction of sp³-hybridized carbons (Fsp3) is 0.143. The maximum Gasteiger partial charge on any atom is 0.298 e. The van der Waals surface area contributed by atoms with Crippen molar-refractivity contribution in [2.24, 2.45) is 17.3 Å². The van der Waals surface area contributed by atoms with Crippen LogP contribution in [-0.2, 0) is 7.05 Å². The Bertz CT molecular complexity index is 975. The molecule has 0 aliphatic carbocycles. The summed E-state index contributed by atoms with van der Waals surface area (Å²) < 4.78 is 0.843. The zero-order chi connectivity index (χ0) is 18.0. The van der Waals surface area contributed by atoms with Gasteiger partial charge in [0.1, 0.15) is 11.6 Å². The molecule has 1 heterocycles. The number of azo groups is 1. The van der Waals surface area contributed by atoms with Gasteiger partial charge in [-0.25, -0.2) is 0 Å². The zero-order valence-corrected chi connectivity index (χ0v) is 13.3. The van der Waals surface area contributed by atoms with Gasteiger partial charge in [0, 0.05) is 23.7 Å². The maximum absolute atomic E-state index is 11.9. The number of rotatable bonds is 3. The molecule has 0 atom stereocenters. The Hall–Kier alpha value is -3.25. The molecule has 2 rings (SSSR count). The largest absolute Gasteiger partial charge is 0.493 e. The van der Waals surface area contributed by atoms with E-state index in [2.05, 4.69) is 10.2 Å². The molecule has 0 amide bonds. The molecule has 2 aromatic rings. The molecule has 0 unspecified atom stereocenters. The van der Waals surface area contributed by atoms with Crippen molar-refractivity contribution < 1.29 is 10.0 Å². The van der Waals surface area contributed by atoms with Gasteiger partial charge in [0.15, 0.2) is 11.4 Å². The van der Waals surface area contributed by atoms with Crippen molar-refractivity contribution in [1.82, 2.24) is 4.57 Å². The van der Waals surface area contributed by atoms with E-state index in [0.717, 1.165) is 10.6 Å². The average Bonchev–Trinajstić information content (AvgIpc) is 2.54. The fourth-order valence-corrected chi connectivity index (χ4v) is 2.12. The molecule has 0 spiro atoms. The molecule has 1 N–H and O–H groups in total. The molecule has 0 fully saturated rings. The Morgan fingerprint density at radius 1 is 1.42 bits per heavy atom. The van der Waals surface area contributed by atoms with Crippen molar-refractivity contribution >= 4 is 28.7 Å². The van der Waals surface area contributed by atoms with E-state index in [9.17, 15) is 20.0 Å². The van der Waals surface area contributed by atoms with Crippen LogP contribution in [0.1, 0.15) is 11.1 Å². The van der Waals surface area contributed by atoms with Crippen molar-refractivity contribution in [2.75, 3.05) is 0 Å². The minimum atomic E-state index is -0.677. The number of nitro benzene ring substituents is 1. The summed E-state index contributed by atoms with van der Waals surface area (Å²) in [7, 11) is 1.27. The van der Waals surface area contributed by atoms with Gasteiger partial charge in [0.25, 0.3) is 11.2 Å². The smallest absolute Gasteiger partial charge is 0.298 e. The van der Waals surface area contributed by atoms with Crippen LogP contribution in [0.4, 0.5) is 17.1 Å². The van der Waals surface area contributed by atoms with Gasteiger partial charge in [-0.3, -0.25) is 19.5 Å². The summed E-state index contributed by atoms with van der Waals surface area (Å²) in [6.07, 6.45) is 0. The Morgan fingerprint density at radius 3 is 2.67 bits per heavy atom. The highest BCUT2D eigenvalue weighted by molar-refractivity contribution is 6.30. The number of nitriles is 1. The van der Waals surface area contributed by atoms with E-state index in [4.69, 9.17) is 16.9 Å². The number of nitrogens with zero attached hydrogens (tertiary/aromatic N) is 5. The molecule has 0 saturated carbocycles. The number of hydrogen-bond donors (Lipinski definition) is 1. The van der Waals surface area contributed by atoms with Crippen molar-refractivity contribution in [3.05, 3.63) is 54.8 Å². The van der Waals surface area contributed by atoms with Crippen LogP contribution < -0.4 is 5.56 Å². The van der Waals surface area contributed by atoms with Gasteiger partial charge >= 0.3 is 0 Å². The first-order valence-electron chi connectivity index (χ1n) is 6.46. The van der Waals surface area contributed by atoms with E-state index in [1.807, 2.05) is 0 Å². The van der Waals surface area contributed by atoms with Crippen LogP contribution in [-0.4, -0.2) is 14.6 Å². The summed E-state index contributed by atoms with van der Waals surface area (Å²) in [6, 6.07) is 5.55. The third-order valence-electron chi connectivity index (χ3n) is 3.28. The normalized spacial score (nSPS) is 10.8. The summed E-state index contributed by atoms with van der Waals surface area (Å²) in [5.74, 6) is -0.503. The molecule has 0 radical (unpaired) electrons. The number of pyridine rings is 1. The van der Waals surface area contributed by atoms with Crippen LogP contribution in [0, 0.1) is 28.4 Å². The van der Waals surface area contributed by atoms with Gasteiger partial charge in [-0.15, -0.1) is 10.2 Å². The summed E-state index contributed by atoms with van der Waals surface area (Å²) in [5.41, 5.74) is -1.33. The Morgan fingerprint density at radius 2 is 2.08 bits per heavy atom. The Labute approximate surface area is 140 Å². The number of aromatic nitrogens is 1. The summed E-state index contributed by atoms with van der Waals surface area (Å²) in [5, 5.41) is 37.8. The van der Waals surface area contributed by atoms with Gasteiger partial charge in [0.05, 0.1) is 4.92 Å². The van der Waals surface area contributed by atoms with E-state index in [-0.39, 0.29) is 33.2 Å². The predicted molar refractivity (Wildman–Crippen MR) is 85.1 cm³/mol. The molecule has 1 aromatic heterocycles. The number of nitro groups is 1. The Balaban J connectivity index is 2.64. The lowest BCUT2D eigenvalue weighted by Gasteiger charge is -2.08. The third-order valence-corrected chi connectivity index (χ3v) is 3.52. The molecular weight excluding hydrogens is 338 g/mol. The van der Waals surface area contributed by atoms with Crippen molar-refractivity contribution in [1.29, 1.82) is 5.26 Å². The predicted octanol–water partition coefficient (Wildman–Crippen LogP) is 3.25. The lowest BCUT2D eigenvalue weighted by Crippen LogP contribution is -2.20. The van der Waals surface area contributed by atoms with Crippen LogP contribution in [0.3, 0.4) is 0 Å². The highest BCUT2D eigenvalue weighted by Crippen LogP contribution is 2.35. The number of halogens is 1. The molecule has 0 aliphatic rings. The summed E-state index contributed by atoms with van der Waals surface area (Å²) >= 11 is 5.72. The highest BCUT2D eigenvalue weighted by atomic mass is 35.5. The van der Waals surface area contributed by atoms with Crippen LogP contribution in [0.5, 0.6) is 5.88 Å². The molecule has 0 aliphatic heterocycles. The lowest BCUT2D eigenvalue weighted by molar-refractivity contribution is -0.384. The van der Waals surface area contributed by atoms with E-state index < -0.39 is 16.4 Å². The molecule has 10 heteroatoms. The molecule has 1 aromatic carbocycles. The van der Waals surface area contributed by atoms with Crippen molar-refractivity contribution in [3.63, 3.8) is 0 Å². The van der Waals surface area contributed by atoms with Gasteiger partial charge in [0.2, 0.25) is 5.88 Å². The number of benzene rings is 1. The Kier molecular flexibility index (Phi) is 4.61. The standard InChI is InChI=1S/C14H10ClN5O4/c1-7-9(6-16)13(21)19(2)14(22)12(7)18-17-10-4-3-8(15)5-11(10)20(23)24/h3-5,22H,1-2H3/b18-17+. The van der Waals surface area contributed by atoms with Gasteiger partial charge in [-0.1, -0.05) is 11.6 Å². The first-order valence-corrected chi connectivity index (χ1v) is 6.84. The molecule has 24 heavy (non-hydrogen) atoms. The molecule has 0 saturated heterocycles. The van der Waals surface area contributed by atoms with E-state index >= 15 is 0 Å². The van der Waals surface area contributed by atoms with Crippen LogP contribution in [0.2, 0.25) is 5.02 Å². The first kappa shape index (κ1) is 17.1. The van der Waals surface area contributed by atoms with E-state index in [0.29, 0.717) is 0 Å². The van der Waals surface area contributed by atoms with Crippen molar-refractivity contribution in [2.45, 2.75) is 6.92 Å². The van der Waals surface area contributed by atoms with Crippen molar-refractivity contribution in [3.8, 4) is 11.9 Å². The number of hydrogen-bond acceptors (Lipinski definition) is 7. The summed E-state index contributed by atoms with van der Waals surface area (Å²) in [4.78, 5) is 22.2.